The average molecular weight is 296 g/mol. The zero-order chi connectivity index (χ0) is 14.7. The van der Waals surface area contributed by atoms with E-state index in [2.05, 4.69) is 5.16 Å². The van der Waals surface area contributed by atoms with Crippen molar-refractivity contribution in [2.75, 3.05) is 6.54 Å². The molecule has 3 N–H and O–H groups in total. The molecule has 1 fully saturated rings. The van der Waals surface area contributed by atoms with Crippen LogP contribution in [0, 0.1) is 6.92 Å². The van der Waals surface area contributed by atoms with Crippen molar-refractivity contribution >= 4 is 23.3 Å². The van der Waals surface area contributed by atoms with Gasteiger partial charge in [0.05, 0.1) is 0 Å². The highest BCUT2D eigenvalue weighted by Crippen LogP contribution is 2.30. The van der Waals surface area contributed by atoms with Crippen LogP contribution in [-0.2, 0) is 0 Å². The van der Waals surface area contributed by atoms with Gasteiger partial charge in [0.1, 0.15) is 5.84 Å². The van der Waals surface area contributed by atoms with Crippen molar-refractivity contribution in [1.82, 2.24) is 4.90 Å². The third-order valence-electron chi connectivity index (χ3n) is 3.48. The second kappa shape index (κ2) is 6.13. The minimum atomic E-state index is -0.0433. The number of nitrogens with two attached hydrogens (primary N) is 1. The highest BCUT2D eigenvalue weighted by molar-refractivity contribution is 6.31. The molecule has 1 aromatic rings. The smallest absolute Gasteiger partial charge is 0.254 e. The first-order valence-corrected chi connectivity index (χ1v) is 6.95. The number of hydrogen-bond acceptors (Lipinski definition) is 3. The number of hydrogen-bond donors (Lipinski definition) is 2. The molecule has 5 nitrogen and oxygen atoms in total. The summed E-state index contributed by atoms with van der Waals surface area (Å²) in [4.78, 5) is 14.4. The molecule has 0 atom stereocenters. The van der Waals surface area contributed by atoms with Crippen LogP contribution in [0.2, 0.25) is 5.02 Å². The number of carbonyl (C=O) groups is 1. The maximum atomic E-state index is 12.6. The Morgan fingerprint density at radius 1 is 1.55 bits per heavy atom. The van der Waals surface area contributed by atoms with Gasteiger partial charge in [-0.25, -0.2) is 0 Å². The van der Waals surface area contributed by atoms with Crippen molar-refractivity contribution in [2.45, 2.75) is 32.2 Å². The maximum absolute atomic E-state index is 12.6. The summed E-state index contributed by atoms with van der Waals surface area (Å²) in [6.45, 7) is 2.29. The van der Waals surface area contributed by atoms with Crippen LogP contribution in [-0.4, -0.2) is 34.4 Å². The number of benzene rings is 1. The molecule has 0 spiro atoms. The average Bonchev–Trinajstić information content (AvgIpc) is 3.26. The van der Waals surface area contributed by atoms with Gasteiger partial charge in [0.25, 0.3) is 5.91 Å². The number of carbonyl (C=O) groups excluding carboxylic acids is 1. The first-order chi connectivity index (χ1) is 9.54. The fraction of sp³-hybridized carbons (Fsp3) is 0.429. The lowest BCUT2D eigenvalue weighted by atomic mass is 10.1. The Hall–Kier alpha value is -1.75. The van der Waals surface area contributed by atoms with Crippen molar-refractivity contribution < 1.29 is 10.0 Å². The summed E-state index contributed by atoms with van der Waals surface area (Å²) in [5.74, 6) is 0.0875. The number of nitrogens with zero attached hydrogens (tertiary/aromatic N) is 2. The number of oxime groups is 1. The Morgan fingerprint density at radius 2 is 2.25 bits per heavy atom. The van der Waals surface area contributed by atoms with Crippen LogP contribution >= 0.6 is 11.6 Å². The Labute approximate surface area is 123 Å². The second-order valence-corrected chi connectivity index (χ2v) is 5.39. The second-order valence-electron chi connectivity index (χ2n) is 4.98. The predicted octanol–water partition coefficient (Wildman–Crippen LogP) is 2.39. The SMILES string of the molecule is Cc1c(Cl)cccc1C(=O)N(CC/C(N)=N/O)C1CC1. The van der Waals surface area contributed by atoms with Gasteiger partial charge in [0, 0.05) is 29.6 Å². The number of amides is 1. The normalized spacial score (nSPS) is 15.2. The lowest BCUT2D eigenvalue weighted by Crippen LogP contribution is -2.36. The van der Waals surface area contributed by atoms with Gasteiger partial charge in [0.15, 0.2) is 0 Å². The number of amidine groups is 1. The Kier molecular flexibility index (Phi) is 4.49. The molecule has 108 valence electrons. The lowest BCUT2D eigenvalue weighted by molar-refractivity contribution is 0.0746. The molecular formula is C14H18ClN3O2. The molecule has 0 bridgehead atoms. The first-order valence-electron chi connectivity index (χ1n) is 6.57. The van der Waals surface area contributed by atoms with E-state index in [1.807, 2.05) is 6.92 Å². The minimum absolute atomic E-state index is 0.0433. The van der Waals surface area contributed by atoms with Gasteiger partial charge < -0.3 is 15.8 Å². The van der Waals surface area contributed by atoms with E-state index in [9.17, 15) is 4.79 Å². The summed E-state index contributed by atoms with van der Waals surface area (Å²) >= 11 is 6.06. The Bertz CT molecular complexity index is 541. The summed E-state index contributed by atoms with van der Waals surface area (Å²) in [6.07, 6.45) is 2.36. The molecule has 1 saturated carbocycles. The molecule has 0 heterocycles. The molecule has 20 heavy (non-hydrogen) atoms. The van der Waals surface area contributed by atoms with Crippen molar-refractivity contribution in [3.8, 4) is 0 Å². The monoisotopic (exact) mass is 295 g/mol. The summed E-state index contributed by atoms with van der Waals surface area (Å²) in [6, 6.07) is 5.58. The van der Waals surface area contributed by atoms with Crippen molar-refractivity contribution in [1.29, 1.82) is 0 Å². The molecule has 0 saturated heterocycles. The molecule has 6 heteroatoms. The topological polar surface area (TPSA) is 78.9 Å². The van der Waals surface area contributed by atoms with Crippen molar-refractivity contribution in [2.24, 2.45) is 10.9 Å². The number of halogens is 1. The van der Waals surface area contributed by atoms with Gasteiger partial charge in [-0.2, -0.15) is 0 Å². The molecule has 2 rings (SSSR count). The zero-order valence-corrected chi connectivity index (χ0v) is 12.1. The minimum Gasteiger partial charge on any atom is -0.409 e. The molecule has 0 aliphatic heterocycles. The first kappa shape index (κ1) is 14.7. The van der Waals surface area contributed by atoms with E-state index in [1.54, 1.807) is 23.1 Å². The molecule has 1 aliphatic carbocycles. The van der Waals surface area contributed by atoms with Crippen LogP contribution in [0.15, 0.2) is 23.4 Å². The molecule has 1 aromatic carbocycles. The van der Waals surface area contributed by atoms with E-state index in [4.69, 9.17) is 22.5 Å². The van der Waals surface area contributed by atoms with E-state index in [0.29, 0.717) is 23.6 Å². The molecule has 0 radical (unpaired) electrons. The molecule has 1 amide bonds. The van der Waals surface area contributed by atoms with Crippen LogP contribution in [0.4, 0.5) is 0 Å². The van der Waals surface area contributed by atoms with E-state index >= 15 is 0 Å². The van der Waals surface area contributed by atoms with E-state index in [1.165, 1.54) is 0 Å². The fourth-order valence-corrected chi connectivity index (χ4v) is 2.29. The summed E-state index contributed by atoms with van der Waals surface area (Å²) < 4.78 is 0. The van der Waals surface area contributed by atoms with Crippen LogP contribution in [0.1, 0.15) is 35.2 Å². The largest absolute Gasteiger partial charge is 0.409 e. The molecular weight excluding hydrogens is 278 g/mol. The van der Waals surface area contributed by atoms with Gasteiger partial charge in [-0.3, -0.25) is 4.79 Å². The molecule has 0 aromatic heterocycles. The highest BCUT2D eigenvalue weighted by Gasteiger charge is 2.33. The Morgan fingerprint density at radius 3 is 2.85 bits per heavy atom. The summed E-state index contributed by atoms with van der Waals surface area (Å²) in [5, 5.41) is 12.1. The van der Waals surface area contributed by atoms with E-state index < -0.39 is 0 Å². The van der Waals surface area contributed by atoms with Gasteiger partial charge in [-0.15, -0.1) is 0 Å². The van der Waals surface area contributed by atoms with Gasteiger partial charge in [0.2, 0.25) is 0 Å². The highest BCUT2D eigenvalue weighted by atomic mass is 35.5. The van der Waals surface area contributed by atoms with Crippen LogP contribution in [0.5, 0.6) is 0 Å². The maximum Gasteiger partial charge on any atom is 0.254 e. The Balaban J connectivity index is 2.17. The standard InChI is InChI=1S/C14H18ClN3O2/c1-9-11(3-2-4-12(9)15)14(19)18(10-5-6-10)8-7-13(16)17-20/h2-4,10,20H,5-8H2,1H3,(H2,16,17). The number of rotatable bonds is 5. The van der Waals surface area contributed by atoms with Crippen molar-refractivity contribution in [3.63, 3.8) is 0 Å². The third-order valence-corrected chi connectivity index (χ3v) is 3.89. The van der Waals surface area contributed by atoms with Crippen LogP contribution in [0.3, 0.4) is 0 Å². The van der Waals surface area contributed by atoms with E-state index in [-0.39, 0.29) is 17.8 Å². The predicted molar refractivity (Wildman–Crippen MR) is 78.3 cm³/mol. The third kappa shape index (κ3) is 3.22. The van der Waals surface area contributed by atoms with Gasteiger partial charge >= 0.3 is 0 Å². The quantitative estimate of drug-likeness (QED) is 0.379. The molecule has 0 unspecified atom stereocenters. The summed E-state index contributed by atoms with van der Waals surface area (Å²) in [7, 11) is 0. The summed E-state index contributed by atoms with van der Waals surface area (Å²) in [5.41, 5.74) is 6.88. The van der Waals surface area contributed by atoms with Crippen molar-refractivity contribution in [3.05, 3.63) is 34.3 Å². The van der Waals surface area contributed by atoms with E-state index in [0.717, 1.165) is 18.4 Å². The van der Waals surface area contributed by atoms with Crippen LogP contribution < -0.4 is 5.73 Å². The fourth-order valence-electron chi connectivity index (χ4n) is 2.12. The molecule has 1 aliphatic rings. The van der Waals surface area contributed by atoms with Gasteiger partial charge in [-0.05, 0) is 37.5 Å². The van der Waals surface area contributed by atoms with Crippen LogP contribution in [0.25, 0.3) is 0 Å². The van der Waals surface area contributed by atoms with Gasteiger partial charge in [-0.1, -0.05) is 22.8 Å². The lowest BCUT2D eigenvalue weighted by Gasteiger charge is -2.23. The zero-order valence-electron chi connectivity index (χ0n) is 11.3.